The molecule has 0 radical (unpaired) electrons. The van der Waals surface area contributed by atoms with E-state index in [1.165, 1.54) is 11.3 Å². The van der Waals surface area contributed by atoms with Gasteiger partial charge in [0.15, 0.2) is 0 Å². The van der Waals surface area contributed by atoms with E-state index in [0.717, 1.165) is 11.4 Å². The summed E-state index contributed by atoms with van der Waals surface area (Å²) >= 11 is 1.30. The molecule has 1 fully saturated rings. The average molecular weight is 279 g/mol. The van der Waals surface area contributed by atoms with Crippen LogP contribution < -0.4 is 5.32 Å². The molecular weight excluding hydrogens is 263 g/mol. The Morgan fingerprint density at radius 2 is 2.00 bits per heavy atom. The summed E-state index contributed by atoms with van der Waals surface area (Å²) in [6.45, 7) is 0.557. The van der Waals surface area contributed by atoms with Gasteiger partial charge < -0.3 is 5.32 Å². The van der Waals surface area contributed by atoms with E-state index in [9.17, 15) is 13.2 Å². The Labute approximate surface area is 108 Å². The van der Waals surface area contributed by atoms with Gasteiger partial charge in [0.05, 0.1) is 5.92 Å². The molecule has 1 saturated carbocycles. The van der Waals surface area contributed by atoms with Crippen molar-refractivity contribution in [3.05, 3.63) is 10.0 Å². The van der Waals surface area contributed by atoms with Crippen LogP contribution >= 0.6 is 11.3 Å². The van der Waals surface area contributed by atoms with Crippen molar-refractivity contribution in [3.63, 3.8) is 0 Å². The molecule has 1 N–H and O–H groups in total. The van der Waals surface area contributed by atoms with Crippen molar-refractivity contribution >= 4 is 11.3 Å². The number of rotatable bonds is 3. The van der Waals surface area contributed by atoms with Crippen LogP contribution in [-0.2, 0) is 6.54 Å². The average Bonchev–Trinajstić information content (AvgIpc) is 2.77. The number of nitrogens with zero attached hydrogens (tertiary/aromatic N) is 2. The second kappa shape index (κ2) is 5.52. The van der Waals surface area contributed by atoms with Crippen molar-refractivity contribution in [2.24, 2.45) is 5.92 Å². The third-order valence-corrected chi connectivity index (χ3v) is 4.37. The zero-order valence-electron chi connectivity index (χ0n) is 10.1. The Morgan fingerprint density at radius 3 is 2.67 bits per heavy atom. The minimum Gasteiger partial charge on any atom is -0.313 e. The molecular formula is C11H16F3N3S. The number of hydrogen-bond acceptors (Lipinski definition) is 4. The van der Waals surface area contributed by atoms with E-state index < -0.39 is 18.0 Å². The van der Waals surface area contributed by atoms with Crippen LogP contribution in [-0.4, -0.2) is 23.4 Å². The quantitative estimate of drug-likeness (QED) is 0.924. The van der Waals surface area contributed by atoms with Gasteiger partial charge in [-0.25, -0.2) is 0 Å². The van der Waals surface area contributed by atoms with Crippen LogP contribution in [0.15, 0.2) is 0 Å². The number of aromatic nitrogens is 2. The molecule has 1 aliphatic rings. The zero-order valence-corrected chi connectivity index (χ0v) is 10.9. The van der Waals surface area contributed by atoms with Crippen molar-refractivity contribution in [3.8, 4) is 0 Å². The molecule has 7 heteroatoms. The van der Waals surface area contributed by atoms with Crippen LogP contribution in [0.3, 0.4) is 0 Å². The largest absolute Gasteiger partial charge is 0.392 e. The zero-order chi connectivity index (χ0) is 13.2. The molecule has 3 nitrogen and oxygen atoms in total. The van der Waals surface area contributed by atoms with Gasteiger partial charge in [-0.15, -0.1) is 10.2 Å². The van der Waals surface area contributed by atoms with E-state index in [2.05, 4.69) is 15.5 Å². The van der Waals surface area contributed by atoms with Gasteiger partial charge in [-0.3, -0.25) is 0 Å². The summed E-state index contributed by atoms with van der Waals surface area (Å²) in [5, 5.41) is 12.1. The van der Waals surface area contributed by atoms with Gasteiger partial charge in [0.2, 0.25) is 0 Å². The van der Waals surface area contributed by atoms with Crippen molar-refractivity contribution in [1.29, 1.82) is 0 Å². The highest BCUT2D eigenvalue weighted by Crippen LogP contribution is 2.46. The summed E-state index contributed by atoms with van der Waals surface area (Å²) in [6, 6.07) is 0. The molecule has 2 unspecified atom stereocenters. The van der Waals surface area contributed by atoms with E-state index in [-0.39, 0.29) is 6.42 Å². The maximum atomic E-state index is 13.0. The minimum absolute atomic E-state index is 0.217. The molecule has 2 atom stereocenters. The standard InChI is InChI=1S/C11H16F3N3S/c1-15-6-9-16-17-10(18-9)7-4-2-3-5-8(7)11(12,13)14/h7-8,15H,2-6H2,1H3. The van der Waals surface area contributed by atoms with E-state index in [0.29, 0.717) is 24.4 Å². The molecule has 0 aromatic carbocycles. The van der Waals surface area contributed by atoms with Crippen LogP contribution in [0.2, 0.25) is 0 Å². The first-order valence-electron chi connectivity index (χ1n) is 6.06. The molecule has 0 saturated heterocycles. The Bertz CT molecular complexity index is 391. The summed E-state index contributed by atoms with van der Waals surface area (Å²) in [7, 11) is 1.78. The van der Waals surface area contributed by atoms with Gasteiger partial charge in [-0.1, -0.05) is 24.2 Å². The lowest BCUT2D eigenvalue weighted by Crippen LogP contribution is -2.31. The van der Waals surface area contributed by atoms with Crippen LogP contribution in [0.25, 0.3) is 0 Å². The predicted molar refractivity (Wildman–Crippen MR) is 63.4 cm³/mol. The van der Waals surface area contributed by atoms with Gasteiger partial charge >= 0.3 is 6.18 Å². The second-order valence-electron chi connectivity index (χ2n) is 4.60. The van der Waals surface area contributed by atoms with Crippen molar-refractivity contribution in [2.45, 2.75) is 44.3 Å². The van der Waals surface area contributed by atoms with Crippen LogP contribution in [0, 0.1) is 5.92 Å². The van der Waals surface area contributed by atoms with E-state index in [4.69, 9.17) is 0 Å². The topological polar surface area (TPSA) is 37.8 Å². The smallest absolute Gasteiger partial charge is 0.313 e. The fraction of sp³-hybridized carbons (Fsp3) is 0.818. The molecule has 0 spiro atoms. The normalized spacial score (nSPS) is 25.3. The molecule has 1 aromatic rings. The fourth-order valence-electron chi connectivity index (χ4n) is 2.46. The SMILES string of the molecule is CNCc1nnc(C2CCCCC2C(F)(F)F)s1. The molecule has 2 rings (SSSR count). The van der Waals surface area contributed by atoms with E-state index >= 15 is 0 Å². The van der Waals surface area contributed by atoms with Crippen molar-refractivity contribution in [2.75, 3.05) is 7.05 Å². The van der Waals surface area contributed by atoms with Crippen LogP contribution in [0.4, 0.5) is 13.2 Å². The van der Waals surface area contributed by atoms with E-state index in [1.807, 2.05) is 0 Å². The van der Waals surface area contributed by atoms with Gasteiger partial charge in [-0.2, -0.15) is 13.2 Å². The monoisotopic (exact) mass is 279 g/mol. The lowest BCUT2D eigenvalue weighted by Gasteiger charge is -2.31. The Balaban J connectivity index is 2.17. The molecule has 18 heavy (non-hydrogen) atoms. The summed E-state index contributed by atoms with van der Waals surface area (Å²) in [6.07, 6.45) is -1.84. The number of alkyl halides is 3. The van der Waals surface area contributed by atoms with Gasteiger partial charge in [0.25, 0.3) is 0 Å². The molecule has 1 heterocycles. The lowest BCUT2D eigenvalue weighted by molar-refractivity contribution is -0.187. The predicted octanol–water partition coefficient (Wildman–Crippen LogP) is 3.09. The molecule has 0 bridgehead atoms. The maximum Gasteiger partial charge on any atom is 0.392 e. The highest BCUT2D eigenvalue weighted by molar-refractivity contribution is 7.11. The number of hydrogen-bond donors (Lipinski definition) is 1. The van der Waals surface area contributed by atoms with Gasteiger partial charge in [0, 0.05) is 12.5 Å². The number of nitrogens with one attached hydrogen (secondary N) is 1. The molecule has 102 valence electrons. The first kappa shape index (κ1) is 13.7. The summed E-state index contributed by atoms with van der Waals surface area (Å²) < 4.78 is 38.9. The summed E-state index contributed by atoms with van der Waals surface area (Å²) in [4.78, 5) is 0. The van der Waals surface area contributed by atoms with Crippen LogP contribution in [0.5, 0.6) is 0 Å². The molecule has 1 aromatic heterocycles. The van der Waals surface area contributed by atoms with Gasteiger partial charge in [-0.05, 0) is 19.9 Å². The Hall–Kier alpha value is -0.690. The second-order valence-corrected chi connectivity index (χ2v) is 5.70. The molecule has 0 amide bonds. The fourth-order valence-corrected chi connectivity index (χ4v) is 3.51. The Kier molecular flexibility index (Phi) is 4.21. The van der Waals surface area contributed by atoms with Crippen molar-refractivity contribution in [1.82, 2.24) is 15.5 Å². The third kappa shape index (κ3) is 3.00. The minimum atomic E-state index is -4.13. The summed E-state index contributed by atoms with van der Waals surface area (Å²) in [5.74, 6) is -1.75. The summed E-state index contributed by atoms with van der Waals surface area (Å²) in [5.41, 5.74) is 0. The molecule has 0 aliphatic heterocycles. The third-order valence-electron chi connectivity index (χ3n) is 3.31. The van der Waals surface area contributed by atoms with Crippen LogP contribution in [0.1, 0.15) is 41.6 Å². The highest BCUT2D eigenvalue weighted by Gasteiger charge is 2.47. The Morgan fingerprint density at radius 1 is 1.28 bits per heavy atom. The van der Waals surface area contributed by atoms with Crippen molar-refractivity contribution < 1.29 is 13.2 Å². The first-order valence-corrected chi connectivity index (χ1v) is 6.87. The lowest BCUT2D eigenvalue weighted by atomic mass is 9.79. The maximum absolute atomic E-state index is 13.0. The number of halogens is 3. The molecule has 1 aliphatic carbocycles. The van der Waals surface area contributed by atoms with Gasteiger partial charge in [0.1, 0.15) is 10.0 Å². The first-order chi connectivity index (χ1) is 8.52. The van der Waals surface area contributed by atoms with E-state index in [1.54, 1.807) is 7.05 Å². The highest BCUT2D eigenvalue weighted by atomic mass is 32.1.